The maximum absolute atomic E-state index is 12.3. The first-order chi connectivity index (χ1) is 11.7. The summed E-state index contributed by atoms with van der Waals surface area (Å²) in [5.74, 6) is 0.829. The summed E-state index contributed by atoms with van der Waals surface area (Å²) in [4.78, 5) is 12.3. The van der Waals surface area contributed by atoms with E-state index in [1.807, 2.05) is 36.4 Å². The molecule has 0 fully saturated rings. The van der Waals surface area contributed by atoms with Crippen molar-refractivity contribution in [3.05, 3.63) is 53.6 Å². The number of hydrogen-bond donors (Lipinski definition) is 1. The molecular weight excluding hydrogens is 308 g/mol. The smallest absolute Gasteiger partial charge is 0.339 e. The molecule has 0 aromatic heterocycles. The van der Waals surface area contributed by atoms with Crippen LogP contribution < -0.4 is 9.47 Å². The van der Waals surface area contributed by atoms with Gasteiger partial charge in [-0.25, -0.2) is 4.79 Å². The Bertz CT molecular complexity index is 1010. The molecule has 0 aliphatic carbocycles. The highest BCUT2D eigenvalue weighted by Gasteiger charge is 2.32. The average Bonchev–Trinajstić information content (AvgIpc) is 3.22. The topological polar surface area (TPSA) is 65.0 Å². The third kappa shape index (κ3) is 1.66. The minimum atomic E-state index is -0.418. The summed E-state index contributed by atoms with van der Waals surface area (Å²) in [6, 6.07) is 13.2. The zero-order chi connectivity index (χ0) is 16.3. The third-order valence-electron chi connectivity index (χ3n) is 4.49. The van der Waals surface area contributed by atoms with Crippen LogP contribution in [-0.4, -0.2) is 17.9 Å². The second-order valence-corrected chi connectivity index (χ2v) is 5.77. The van der Waals surface area contributed by atoms with Crippen LogP contribution in [0.15, 0.2) is 42.5 Å². The lowest BCUT2D eigenvalue weighted by Gasteiger charge is -2.14. The summed E-state index contributed by atoms with van der Waals surface area (Å²) in [5.41, 5.74) is 2.57. The lowest BCUT2D eigenvalue weighted by molar-refractivity contribution is 0.0535. The van der Waals surface area contributed by atoms with Crippen molar-refractivity contribution in [1.29, 1.82) is 0 Å². The van der Waals surface area contributed by atoms with Gasteiger partial charge in [-0.2, -0.15) is 0 Å². The van der Waals surface area contributed by atoms with E-state index in [-0.39, 0.29) is 19.1 Å². The van der Waals surface area contributed by atoms with Gasteiger partial charge in [-0.15, -0.1) is 0 Å². The summed E-state index contributed by atoms with van der Waals surface area (Å²) in [6.45, 7) is 0.221. The van der Waals surface area contributed by atoms with E-state index in [1.165, 1.54) is 0 Å². The van der Waals surface area contributed by atoms with Gasteiger partial charge in [0.1, 0.15) is 12.4 Å². The number of benzene rings is 3. The minimum absolute atomic E-state index is 0.0591. The molecule has 5 nitrogen and oxygen atoms in total. The quantitative estimate of drug-likeness (QED) is 0.694. The van der Waals surface area contributed by atoms with Gasteiger partial charge < -0.3 is 19.3 Å². The number of hydrogen-bond acceptors (Lipinski definition) is 5. The largest absolute Gasteiger partial charge is 0.507 e. The van der Waals surface area contributed by atoms with Gasteiger partial charge in [0.25, 0.3) is 0 Å². The van der Waals surface area contributed by atoms with Crippen LogP contribution in [-0.2, 0) is 11.3 Å². The summed E-state index contributed by atoms with van der Waals surface area (Å²) in [6.07, 6.45) is 0. The van der Waals surface area contributed by atoms with Crippen molar-refractivity contribution in [2.75, 3.05) is 6.79 Å². The van der Waals surface area contributed by atoms with E-state index < -0.39 is 5.97 Å². The SMILES string of the molecule is O=C1OCc2c1c(-c1ccccc1)c1cc3c(cc1c2O)OCO3. The highest BCUT2D eigenvalue weighted by molar-refractivity contribution is 6.13. The second kappa shape index (κ2) is 4.64. The van der Waals surface area contributed by atoms with Crippen LogP contribution >= 0.6 is 0 Å². The zero-order valence-corrected chi connectivity index (χ0v) is 12.5. The molecule has 2 heterocycles. The number of aromatic hydroxyl groups is 1. The van der Waals surface area contributed by atoms with Gasteiger partial charge in [-0.05, 0) is 23.1 Å². The van der Waals surface area contributed by atoms with Crippen molar-refractivity contribution in [1.82, 2.24) is 0 Å². The molecule has 3 aromatic carbocycles. The molecule has 5 rings (SSSR count). The van der Waals surface area contributed by atoms with Gasteiger partial charge in [0, 0.05) is 16.5 Å². The van der Waals surface area contributed by atoms with Crippen molar-refractivity contribution in [2.24, 2.45) is 0 Å². The Balaban J connectivity index is 1.97. The number of ether oxygens (including phenoxy) is 3. The van der Waals surface area contributed by atoms with Crippen molar-refractivity contribution in [3.63, 3.8) is 0 Å². The Kier molecular flexibility index (Phi) is 2.56. The van der Waals surface area contributed by atoms with Gasteiger partial charge in [0.2, 0.25) is 6.79 Å². The number of fused-ring (bicyclic) bond motifs is 3. The Morgan fingerprint density at radius 1 is 0.875 bits per heavy atom. The van der Waals surface area contributed by atoms with Gasteiger partial charge in [0.15, 0.2) is 11.5 Å². The van der Waals surface area contributed by atoms with E-state index in [1.54, 1.807) is 6.07 Å². The number of phenols is 1. The molecule has 24 heavy (non-hydrogen) atoms. The highest BCUT2D eigenvalue weighted by Crippen LogP contribution is 2.48. The second-order valence-electron chi connectivity index (χ2n) is 5.77. The summed E-state index contributed by atoms with van der Waals surface area (Å²) >= 11 is 0. The van der Waals surface area contributed by atoms with Gasteiger partial charge in [-0.3, -0.25) is 0 Å². The van der Waals surface area contributed by atoms with Crippen molar-refractivity contribution >= 4 is 16.7 Å². The van der Waals surface area contributed by atoms with Gasteiger partial charge in [0.05, 0.1) is 5.56 Å². The standard InChI is InChI=1S/C19H12O5/c20-18-12-7-15-14(23-9-24-15)6-11(12)16(10-4-2-1-3-5-10)17-13(18)8-22-19(17)21/h1-7,20H,8-9H2. The third-order valence-corrected chi connectivity index (χ3v) is 4.49. The molecule has 0 atom stereocenters. The monoisotopic (exact) mass is 320 g/mol. The molecule has 2 aliphatic rings. The number of esters is 1. The maximum atomic E-state index is 12.3. The van der Waals surface area contributed by atoms with Gasteiger partial charge in [-0.1, -0.05) is 30.3 Å². The van der Waals surface area contributed by atoms with E-state index in [0.717, 1.165) is 16.5 Å². The first-order valence-corrected chi connectivity index (χ1v) is 7.58. The van der Waals surface area contributed by atoms with E-state index in [4.69, 9.17) is 14.2 Å². The summed E-state index contributed by atoms with van der Waals surface area (Å²) < 4.78 is 16.1. The fraction of sp³-hybridized carbons (Fsp3) is 0.105. The molecule has 0 spiro atoms. The maximum Gasteiger partial charge on any atom is 0.339 e. The molecule has 0 radical (unpaired) electrons. The fourth-order valence-corrected chi connectivity index (χ4v) is 3.39. The lowest BCUT2D eigenvalue weighted by Crippen LogP contribution is -1.99. The van der Waals surface area contributed by atoms with Crippen LogP contribution in [0.2, 0.25) is 0 Å². The van der Waals surface area contributed by atoms with E-state index in [0.29, 0.717) is 28.0 Å². The first kappa shape index (κ1) is 13.2. The van der Waals surface area contributed by atoms with Crippen LogP contribution in [0.1, 0.15) is 15.9 Å². The molecule has 5 heteroatoms. The zero-order valence-electron chi connectivity index (χ0n) is 12.5. The van der Waals surface area contributed by atoms with E-state index in [2.05, 4.69) is 0 Å². The number of rotatable bonds is 1. The molecule has 0 saturated heterocycles. The molecule has 0 unspecified atom stereocenters. The Morgan fingerprint density at radius 3 is 2.33 bits per heavy atom. The van der Waals surface area contributed by atoms with E-state index in [9.17, 15) is 9.90 Å². The fourth-order valence-electron chi connectivity index (χ4n) is 3.39. The molecule has 2 aliphatic heterocycles. The lowest BCUT2D eigenvalue weighted by atomic mass is 9.89. The first-order valence-electron chi connectivity index (χ1n) is 7.58. The van der Waals surface area contributed by atoms with Crippen molar-refractivity contribution in [3.8, 4) is 28.4 Å². The molecule has 3 aromatic rings. The molecule has 0 amide bonds. The number of cyclic esters (lactones) is 1. The molecular formula is C19H12O5. The highest BCUT2D eigenvalue weighted by atomic mass is 16.7. The number of carbonyl (C=O) groups is 1. The molecule has 0 saturated carbocycles. The molecule has 0 bridgehead atoms. The number of phenolic OH excluding ortho intramolecular Hbond substituents is 1. The van der Waals surface area contributed by atoms with Crippen LogP contribution in [0, 0.1) is 0 Å². The predicted octanol–water partition coefficient (Wildman–Crippen LogP) is 3.61. The van der Waals surface area contributed by atoms with Crippen LogP contribution in [0.5, 0.6) is 17.2 Å². The summed E-state index contributed by atoms with van der Waals surface area (Å²) in [7, 11) is 0. The predicted molar refractivity (Wildman–Crippen MR) is 86.3 cm³/mol. The normalized spacial score (nSPS) is 14.8. The Labute approximate surface area is 137 Å². The van der Waals surface area contributed by atoms with Crippen LogP contribution in [0.25, 0.3) is 21.9 Å². The average molecular weight is 320 g/mol. The molecule has 118 valence electrons. The molecule has 1 N–H and O–H groups in total. The number of carbonyl (C=O) groups excluding carboxylic acids is 1. The Hall–Kier alpha value is -3.21. The van der Waals surface area contributed by atoms with Gasteiger partial charge >= 0.3 is 5.97 Å². The van der Waals surface area contributed by atoms with Crippen molar-refractivity contribution in [2.45, 2.75) is 6.61 Å². The summed E-state index contributed by atoms with van der Waals surface area (Å²) in [5, 5.41) is 12.0. The Morgan fingerprint density at radius 2 is 1.58 bits per heavy atom. The van der Waals surface area contributed by atoms with Crippen LogP contribution in [0.4, 0.5) is 0 Å². The van der Waals surface area contributed by atoms with Crippen LogP contribution in [0.3, 0.4) is 0 Å². The van der Waals surface area contributed by atoms with Crippen molar-refractivity contribution < 1.29 is 24.1 Å². The minimum Gasteiger partial charge on any atom is -0.507 e. The van der Waals surface area contributed by atoms with E-state index >= 15 is 0 Å².